The molecule has 5 aromatic rings. The number of hydrogen-bond donors (Lipinski definition) is 1. The molecule has 0 unspecified atom stereocenters. The Morgan fingerprint density at radius 2 is 1.55 bits per heavy atom. The predicted octanol–water partition coefficient (Wildman–Crippen LogP) is 6.67. The van der Waals surface area contributed by atoms with E-state index in [1.165, 1.54) is 6.07 Å². The molecule has 0 saturated carbocycles. The maximum Gasteiger partial charge on any atom is 0.161 e. The second kappa shape index (κ2) is 9.28. The molecule has 2 heterocycles. The maximum atomic E-state index is 14.5. The van der Waals surface area contributed by atoms with Gasteiger partial charge in [-0.1, -0.05) is 36.4 Å². The van der Waals surface area contributed by atoms with Crippen molar-refractivity contribution in [3.8, 4) is 22.6 Å². The zero-order valence-electron chi connectivity index (χ0n) is 17.5. The van der Waals surface area contributed by atoms with Crippen LogP contribution in [0, 0.1) is 5.82 Å². The Hall–Kier alpha value is -4.58. The fraction of sp³-hybridized carbons (Fsp3) is 0. The van der Waals surface area contributed by atoms with Gasteiger partial charge in [0, 0.05) is 22.7 Å². The number of hydrazone groups is 1. The van der Waals surface area contributed by atoms with Crippen LogP contribution >= 0.6 is 0 Å². The number of anilines is 1. The molecule has 33 heavy (non-hydrogen) atoms. The first-order chi connectivity index (χ1) is 16.3. The quantitative estimate of drug-likeness (QED) is 0.239. The zero-order chi connectivity index (χ0) is 22.5. The first kappa shape index (κ1) is 20.3. The number of nitrogens with one attached hydrogen (secondary N) is 1. The summed E-state index contributed by atoms with van der Waals surface area (Å²) in [5, 5.41) is 5.14. The van der Waals surface area contributed by atoms with Gasteiger partial charge in [-0.25, -0.2) is 14.4 Å². The molecule has 2 aromatic heterocycles. The normalized spacial score (nSPS) is 11.1. The van der Waals surface area contributed by atoms with E-state index in [1.807, 2.05) is 72.8 Å². The third kappa shape index (κ3) is 4.70. The van der Waals surface area contributed by atoms with Crippen LogP contribution in [0.3, 0.4) is 0 Å². The lowest BCUT2D eigenvalue weighted by Gasteiger charge is -2.10. The molecule has 5 nitrogen and oxygen atoms in total. The Balaban J connectivity index is 1.39. The van der Waals surface area contributed by atoms with Gasteiger partial charge >= 0.3 is 0 Å². The summed E-state index contributed by atoms with van der Waals surface area (Å²) in [6.07, 6.45) is 3.34. The molecule has 160 valence electrons. The van der Waals surface area contributed by atoms with Gasteiger partial charge in [0.05, 0.1) is 6.21 Å². The number of halogens is 1. The molecule has 0 amide bonds. The van der Waals surface area contributed by atoms with E-state index in [1.54, 1.807) is 30.6 Å². The van der Waals surface area contributed by atoms with Gasteiger partial charge in [0.25, 0.3) is 0 Å². The van der Waals surface area contributed by atoms with Gasteiger partial charge < -0.3 is 4.74 Å². The van der Waals surface area contributed by atoms with Gasteiger partial charge in [-0.2, -0.15) is 5.10 Å². The summed E-state index contributed by atoms with van der Waals surface area (Å²) in [7, 11) is 0. The van der Waals surface area contributed by atoms with Crippen molar-refractivity contribution >= 4 is 23.1 Å². The minimum atomic E-state index is -0.330. The van der Waals surface area contributed by atoms with Crippen molar-refractivity contribution in [2.45, 2.75) is 0 Å². The number of nitrogens with zero attached hydrogens (tertiary/aromatic N) is 3. The number of hydrogen-bond acceptors (Lipinski definition) is 5. The maximum absolute atomic E-state index is 14.5. The van der Waals surface area contributed by atoms with Crippen molar-refractivity contribution in [3.63, 3.8) is 0 Å². The van der Waals surface area contributed by atoms with Gasteiger partial charge in [0.2, 0.25) is 0 Å². The smallest absolute Gasteiger partial charge is 0.161 e. The van der Waals surface area contributed by atoms with Crippen molar-refractivity contribution in [3.05, 3.63) is 115 Å². The number of ether oxygens (including phenoxy) is 1. The molecular weight excluding hydrogens is 415 g/mol. The number of fused-ring (bicyclic) bond motifs is 1. The Morgan fingerprint density at radius 3 is 2.36 bits per heavy atom. The highest BCUT2D eigenvalue weighted by Crippen LogP contribution is 2.31. The Bertz CT molecular complexity index is 1420. The fourth-order valence-electron chi connectivity index (χ4n) is 3.39. The molecule has 1 N–H and O–H groups in total. The van der Waals surface area contributed by atoms with Crippen LogP contribution in [0.5, 0.6) is 11.5 Å². The molecule has 5 rings (SSSR count). The first-order valence-electron chi connectivity index (χ1n) is 10.4. The summed E-state index contributed by atoms with van der Waals surface area (Å²) in [5.41, 5.74) is 5.43. The van der Waals surface area contributed by atoms with Gasteiger partial charge in [0.15, 0.2) is 11.5 Å². The molecule has 0 aliphatic carbocycles. The third-order valence-corrected chi connectivity index (χ3v) is 5.00. The summed E-state index contributed by atoms with van der Waals surface area (Å²) < 4.78 is 20.3. The number of aromatic nitrogens is 2. The highest BCUT2D eigenvalue weighted by atomic mass is 19.1. The second-order valence-electron chi connectivity index (χ2n) is 7.27. The van der Waals surface area contributed by atoms with Crippen molar-refractivity contribution in [2.75, 3.05) is 5.43 Å². The molecule has 0 bridgehead atoms. The standard InChI is InChI=1S/C27H19FN4O/c28-25-11-5-4-10-23(25)24-17-20-7-6-16-29-26(20)31-27(24)32-30-18-19-12-14-22(15-13-19)33-21-8-2-1-3-9-21/h1-18H,(H,29,31,32)/b30-18-. The van der Waals surface area contributed by atoms with Crippen LogP contribution in [-0.2, 0) is 0 Å². The minimum Gasteiger partial charge on any atom is -0.457 e. The highest BCUT2D eigenvalue weighted by Gasteiger charge is 2.12. The van der Waals surface area contributed by atoms with Gasteiger partial charge in [-0.05, 0) is 66.2 Å². The van der Waals surface area contributed by atoms with E-state index >= 15 is 0 Å². The fourth-order valence-corrected chi connectivity index (χ4v) is 3.39. The van der Waals surface area contributed by atoms with E-state index in [9.17, 15) is 4.39 Å². The lowest BCUT2D eigenvalue weighted by Crippen LogP contribution is -1.99. The molecule has 0 saturated heterocycles. The van der Waals surface area contributed by atoms with Crippen LogP contribution in [0.4, 0.5) is 10.2 Å². The molecule has 0 atom stereocenters. The summed E-state index contributed by atoms with van der Waals surface area (Å²) in [6.45, 7) is 0. The number of rotatable bonds is 6. The van der Waals surface area contributed by atoms with E-state index in [0.717, 1.165) is 22.4 Å². The van der Waals surface area contributed by atoms with Crippen molar-refractivity contribution in [1.29, 1.82) is 0 Å². The zero-order valence-corrected chi connectivity index (χ0v) is 17.5. The molecule has 0 aliphatic heterocycles. The Kier molecular flexibility index (Phi) is 5.72. The molecule has 0 spiro atoms. The molecular formula is C27H19FN4O. The first-order valence-corrected chi connectivity index (χ1v) is 10.4. The summed E-state index contributed by atoms with van der Waals surface area (Å²) >= 11 is 0. The van der Waals surface area contributed by atoms with Crippen LogP contribution in [0.25, 0.3) is 22.2 Å². The van der Waals surface area contributed by atoms with Gasteiger partial charge in [-0.3, -0.25) is 5.43 Å². The van der Waals surface area contributed by atoms with Crippen molar-refractivity contribution in [2.24, 2.45) is 5.10 Å². The number of benzene rings is 3. The second-order valence-corrected chi connectivity index (χ2v) is 7.27. The number of para-hydroxylation sites is 1. The predicted molar refractivity (Wildman–Crippen MR) is 129 cm³/mol. The van der Waals surface area contributed by atoms with E-state index in [0.29, 0.717) is 22.6 Å². The average molecular weight is 434 g/mol. The Labute approximate surface area is 190 Å². The van der Waals surface area contributed by atoms with Crippen LogP contribution in [0.1, 0.15) is 5.56 Å². The van der Waals surface area contributed by atoms with Gasteiger partial charge in [-0.15, -0.1) is 0 Å². The lowest BCUT2D eigenvalue weighted by atomic mass is 10.0. The van der Waals surface area contributed by atoms with Crippen molar-refractivity contribution < 1.29 is 9.13 Å². The van der Waals surface area contributed by atoms with E-state index in [-0.39, 0.29) is 5.82 Å². The third-order valence-electron chi connectivity index (χ3n) is 5.00. The SMILES string of the molecule is Fc1ccccc1-c1cc2cccnc2nc1N/N=C\c1ccc(Oc2ccccc2)cc1. The monoisotopic (exact) mass is 434 g/mol. The molecule has 3 aromatic carbocycles. The molecule has 0 aliphatic rings. The largest absolute Gasteiger partial charge is 0.457 e. The number of pyridine rings is 2. The van der Waals surface area contributed by atoms with E-state index < -0.39 is 0 Å². The summed E-state index contributed by atoms with van der Waals surface area (Å²) in [6, 6.07) is 29.3. The topological polar surface area (TPSA) is 59.4 Å². The van der Waals surface area contributed by atoms with Gasteiger partial charge in [0.1, 0.15) is 17.3 Å². The summed E-state index contributed by atoms with van der Waals surface area (Å²) in [4.78, 5) is 8.86. The summed E-state index contributed by atoms with van der Waals surface area (Å²) in [5.74, 6) is 1.60. The molecule has 0 fully saturated rings. The minimum absolute atomic E-state index is 0.330. The average Bonchev–Trinajstić information content (AvgIpc) is 2.86. The van der Waals surface area contributed by atoms with E-state index in [4.69, 9.17) is 4.74 Å². The van der Waals surface area contributed by atoms with Crippen LogP contribution < -0.4 is 10.2 Å². The molecule has 6 heteroatoms. The Morgan fingerprint density at radius 1 is 0.788 bits per heavy atom. The van der Waals surface area contributed by atoms with Crippen LogP contribution in [0.2, 0.25) is 0 Å². The highest BCUT2D eigenvalue weighted by molar-refractivity contribution is 5.88. The van der Waals surface area contributed by atoms with Crippen LogP contribution in [-0.4, -0.2) is 16.2 Å². The van der Waals surface area contributed by atoms with Crippen LogP contribution in [0.15, 0.2) is 108 Å². The van der Waals surface area contributed by atoms with Crippen molar-refractivity contribution in [1.82, 2.24) is 9.97 Å². The van der Waals surface area contributed by atoms with E-state index in [2.05, 4.69) is 20.5 Å². The lowest BCUT2D eigenvalue weighted by molar-refractivity contribution is 0.482. The molecule has 0 radical (unpaired) electrons.